The zero-order valence-electron chi connectivity index (χ0n) is 13.6. The average molecular weight is 313 g/mol. The standard InChI is InChI=1S/C18H23N3S/c1-13-9-14(2)11-16(10-13)20-18(22)19-12-15-5-7-17(8-6-15)21(3)4/h5-11H,12H2,1-4H3,(H2,19,20,22). The summed E-state index contributed by atoms with van der Waals surface area (Å²) < 4.78 is 0. The van der Waals surface area contributed by atoms with E-state index in [0.29, 0.717) is 11.7 Å². The molecule has 0 saturated heterocycles. The molecule has 0 spiro atoms. The number of hydrogen-bond acceptors (Lipinski definition) is 2. The maximum atomic E-state index is 5.36. The fourth-order valence-electron chi connectivity index (χ4n) is 2.32. The van der Waals surface area contributed by atoms with Crippen molar-refractivity contribution in [3.63, 3.8) is 0 Å². The Morgan fingerprint density at radius 1 is 1.00 bits per heavy atom. The van der Waals surface area contributed by atoms with Gasteiger partial charge >= 0.3 is 0 Å². The smallest absolute Gasteiger partial charge is 0.171 e. The van der Waals surface area contributed by atoms with Crippen LogP contribution in [0, 0.1) is 13.8 Å². The molecule has 0 aliphatic rings. The quantitative estimate of drug-likeness (QED) is 0.838. The largest absolute Gasteiger partial charge is 0.378 e. The minimum atomic E-state index is 0.640. The Balaban J connectivity index is 1.89. The van der Waals surface area contributed by atoms with Crippen molar-refractivity contribution in [1.82, 2.24) is 5.32 Å². The molecule has 2 aromatic rings. The van der Waals surface area contributed by atoms with E-state index in [0.717, 1.165) is 5.69 Å². The fourth-order valence-corrected chi connectivity index (χ4v) is 2.51. The Labute approximate surface area is 138 Å². The van der Waals surface area contributed by atoms with Crippen LogP contribution >= 0.6 is 12.2 Å². The summed E-state index contributed by atoms with van der Waals surface area (Å²) in [4.78, 5) is 2.09. The Kier molecular flexibility index (Phi) is 5.39. The molecule has 0 bridgehead atoms. The first kappa shape index (κ1) is 16.3. The maximum Gasteiger partial charge on any atom is 0.171 e. The summed E-state index contributed by atoms with van der Waals surface area (Å²) in [6, 6.07) is 14.8. The van der Waals surface area contributed by atoms with Crippen LogP contribution in [0.15, 0.2) is 42.5 Å². The molecule has 0 saturated carbocycles. The van der Waals surface area contributed by atoms with Gasteiger partial charge in [-0.3, -0.25) is 0 Å². The van der Waals surface area contributed by atoms with Crippen LogP contribution in [0.1, 0.15) is 16.7 Å². The Morgan fingerprint density at radius 2 is 1.59 bits per heavy atom. The van der Waals surface area contributed by atoms with E-state index in [1.165, 1.54) is 22.4 Å². The highest BCUT2D eigenvalue weighted by molar-refractivity contribution is 7.80. The van der Waals surface area contributed by atoms with Crippen molar-refractivity contribution < 1.29 is 0 Å². The number of aryl methyl sites for hydroxylation is 2. The molecule has 0 atom stereocenters. The van der Waals surface area contributed by atoms with Gasteiger partial charge in [0.15, 0.2) is 5.11 Å². The molecule has 2 N–H and O–H groups in total. The van der Waals surface area contributed by atoms with Crippen LogP contribution in [-0.2, 0) is 6.54 Å². The Hall–Kier alpha value is -2.07. The van der Waals surface area contributed by atoms with Gasteiger partial charge in [-0.1, -0.05) is 18.2 Å². The van der Waals surface area contributed by atoms with Crippen LogP contribution in [-0.4, -0.2) is 19.2 Å². The van der Waals surface area contributed by atoms with Crippen LogP contribution in [0.2, 0.25) is 0 Å². The molecule has 22 heavy (non-hydrogen) atoms. The number of anilines is 2. The lowest BCUT2D eigenvalue weighted by molar-refractivity contribution is 0.925. The summed E-state index contributed by atoms with van der Waals surface area (Å²) in [6.07, 6.45) is 0. The molecule has 116 valence electrons. The van der Waals surface area contributed by atoms with Gasteiger partial charge < -0.3 is 15.5 Å². The molecule has 0 amide bonds. The van der Waals surface area contributed by atoms with Crippen LogP contribution in [0.4, 0.5) is 11.4 Å². The number of hydrogen-bond donors (Lipinski definition) is 2. The predicted octanol–water partition coefficient (Wildman–Crippen LogP) is 3.86. The molecule has 0 heterocycles. The average Bonchev–Trinajstić information content (AvgIpc) is 2.44. The molecule has 2 aromatic carbocycles. The number of rotatable bonds is 4. The van der Waals surface area contributed by atoms with Crippen molar-refractivity contribution in [1.29, 1.82) is 0 Å². The number of nitrogens with one attached hydrogen (secondary N) is 2. The zero-order valence-corrected chi connectivity index (χ0v) is 14.4. The van der Waals surface area contributed by atoms with Gasteiger partial charge in [-0.2, -0.15) is 0 Å². The molecule has 0 aliphatic carbocycles. The SMILES string of the molecule is Cc1cc(C)cc(NC(=S)NCc2ccc(N(C)C)cc2)c1. The van der Waals surface area contributed by atoms with Gasteiger partial charge in [-0.25, -0.2) is 0 Å². The van der Waals surface area contributed by atoms with Gasteiger partial charge in [0.25, 0.3) is 0 Å². The summed E-state index contributed by atoms with van der Waals surface area (Å²) in [5, 5.41) is 7.12. The predicted molar refractivity (Wildman–Crippen MR) is 99.7 cm³/mol. The monoisotopic (exact) mass is 313 g/mol. The first-order valence-corrected chi connectivity index (χ1v) is 7.74. The fraction of sp³-hybridized carbons (Fsp3) is 0.278. The van der Waals surface area contributed by atoms with Crippen molar-refractivity contribution in [3.8, 4) is 0 Å². The molecule has 0 aromatic heterocycles. The van der Waals surface area contributed by atoms with E-state index >= 15 is 0 Å². The molecule has 0 unspecified atom stereocenters. The van der Waals surface area contributed by atoms with Crippen molar-refractivity contribution >= 4 is 28.7 Å². The van der Waals surface area contributed by atoms with Crippen LogP contribution < -0.4 is 15.5 Å². The summed E-state index contributed by atoms with van der Waals surface area (Å²) in [5.74, 6) is 0. The Bertz CT molecular complexity index is 628. The molecule has 2 rings (SSSR count). The third-order valence-electron chi connectivity index (χ3n) is 3.39. The second-order valence-electron chi connectivity index (χ2n) is 5.74. The highest BCUT2D eigenvalue weighted by atomic mass is 32.1. The van der Waals surface area contributed by atoms with Gasteiger partial charge in [-0.15, -0.1) is 0 Å². The Morgan fingerprint density at radius 3 is 2.14 bits per heavy atom. The van der Waals surface area contributed by atoms with E-state index in [9.17, 15) is 0 Å². The lowest BCUT2D eigenvalue weighted by Crippen LogP contribution is -2.27. The third kappa shape index (κ3) is 4.74. The first-order valence-electron chi connectivity index (χ1n) is 7.33. The zero-order chi connectivity index (χ0) is 16.1. The molecule has 4 heteroatoms. The summed E-state index contributed by atoms with van der Waals surface area (Å²) in [5.41, 5.74) is 5.88. The van der Waals surface area contributed by atoms with Crippen molar-refractivity contribution in [2.75, 3.05) is 24.3 Å². The highest BCUT2D eigenvalue weighted by Crippen LogP contribution is 2.14. The normalized spacial score (nSPS) is 10.2. The molecule has 0 aliphatic heterocycles. The summed E-state index contributed by atoms with van der Waals surface area (Å²) >= 11 is 5.36. The van der Waals surface area contributed by atoms with Gasteiger partial charge in [0, 0.05) is 32.0 Å². The van der Waals surface area contributed by atoms with Gasteiger partial charge in [0.2, 0.25) is 0 Å². The lowest BCUT2D eigenvalue weighted by atomic mass is 10.1. The second kappa shape index (κ2) is 7.27. The van der Waals surface area contributed by atoms with Gasteiger partial charge in [-0.05, 0) is 67.0 Å². The third-order valence-corrected chi connectivity index (χ3v) is 3.63. The molecular weight excluding hydrogens is 290 g/mol. The van der Waals surface area contributed by atoms with E-state index in [2.05, 4.69) is 71.8 Å². The number of benzene rings is 2. The van der Waals surface area contributed by atoms with E-state index in [1.807, 2.05) is 14.1 Å². The van der Waals surface area contributed by atoms with Crippen molar-refractivity contribution in [3.05, 3.63) is 59.2 Å². The minimum absolute atomic E-state index is 0.640. The maximum absolute atomic E-state index is 5.36. The van der Waals surface area contributed by atoms with Crippen LogP contribution in [0.5, 0.6) is 0 Å². The minimum Gasteiger partial charge on any atom is -0.378 e. The van der Waals surface area contributed by atoms with E-state index < -0.39 is 0 Å². The molecular formula is C18H23N3S. The van der Waals surface area contributed by atoms with E-state index in [4.69, 9.17) is 12.2 Å². The molecule has 0 radical (unpaired) electrons. The van der Waals surface area contributed by atoms with Gasteiger partial charge in [0.05, 0.1) is 0 Å². The van der Waals surface area contributed by atoms with E-state index in [-0.39, 0.29) is 0 Å². The first-order chi connectivity index (χ1) is 10.4. The van der Waals surface area contributed by atoms with Crippen molar-refractivity contribution in [2.24, 2.45) is 0 Å². The molecule has 0 fully saturated rings. The summed E-state index contributed by atoms with van der Waals surface area (Å²) in [7, 11) is 4.08. The summed E-state index contributed by atoms with van der Waals surface area (Å²) in [6.45, 7) is 4.88. The van der Waals surface area contributed by atoms with Crippen LogP contribution in [0.3, 0.4) is 0 Å². The topological polar surface area (TPSA) is 27.3 Å². The van der Waals surface area contributed by atoms with Crippen LogP contribution in [0.25, 0.3) is 0 Å². The number of nitrogens with zero attached hydrogens (tertiary/aromatic N) is 1. The molecule has 3 nitrogen and oxygen atoms in total. The number of thiocarbonyl (C=S) groups is 1. The lowest BCUT2D eigenvalue weighted by Gasteiger charge is -2.14. The van der Waals surface area contributed by atoms with Crippen molar-refractivity contribution in [2.45, 2.75) is 20.4 Å². The van der Waals surface area contributed by atoms with E-state index in [1.54, 1.807) is 0 Å². The van der Waals surface area contributed by atoms with Gasteiger partial charge in [0.1, 0.15) is 0 Å². The highest BCUT2D eigenvalue weighted by Gasteiger charge is 2.01. The second-order valence-corrected chi connectivity index (χ2v) is 6.15.